The minimum absolute atomic E-state index is 0.135. The lowest BCUT2D eigenvalue weighted by atomic mass is 9.70. The van der Waals surface area contributed by atoms with Gasteiger partial charge in [0.25, 0.3) is 0 Å². The number of rotatable bonds is 4. The number of carbonyl (C=O) groups excluding carboxylic acids is 4. The van der Waals surface area contributed by atoms with Crippen molar-refractivity contribution in [3.05, 3.63) is 70.3 Å². The molecule has 0 bridgehead atoms. The minimum atomic E-state index is -1.99. The lowest BCUT2D eigenvalue weighted by Gasteiger charge is -2.32. The molecule has 1 unspecified atom stereocenters. The highest BCUT2D eigenvalue weighted by Crippen LogP contribution is 2.49. The molecular formula is C26H24O7. The Labute approximate surface area is 191 Å². The van der Waals surface area contributed by atoms with E-state index in [0.29, 0.717) is 17.1 Å². The first kappa shape index (κ1) is 22.5. The predicted octanol–water partition coefficient (Wildman–Crippen LogP) is 3.78. The van der Waals surface area contributed by atoms with E-state index in [4.69, 9.17) is 14.2 Å². The molecule has 7 heteroatoms. The monoisotopic (exact) mass is 448 g/mol. The molecule has 0 saturated heterocycles. The van der Waals surface area contributed by atoms with Crippen molar-refractivity contribution in [3.63, 3.8) is 0 Å². The molecule has 0 aliphatic heterocycles. The Kier molecular flexibility index (Phi) is 5.23. The summed E-state index contributed by atoms with van der Waals surface area (Å²) < 4.78 is 16.3. The third-order valence-corrected chi connectivity index (χ3v) is 5.86. The first-order valence-corrected chi connectivity index (χ1v) is 10.5. The maximum atomic E-state index is 13.9. The zero-order valence-electron chi connectivity index (χ0n) is 19.1. The smallest absolute Gasteiger partial charge is 0.325 e. The number of fused-ring (bicyclic) bond motifs is 2. The van der Waals surface area contributed by atoms with Gasteiger partial charge in [0.05, 0.1) is 14.2 Å². The van der Waals surface area contributed by atoms with Crippen molar-refractivity contribution in [2.75, 3.05) is 14.2 Å². The number of carbonyl (C=O) groups is 4. The van der Waals surface area contributed by atoms with E-state index in [9.17, 15) is 19.2 Å². The number of Topliss-reactive ketones (excluding diaryl/α,β-unsaturated/α-hetero) is 2. The molecule has 1 atom stereocenters. The van der Waals surface area contributed by atoms with E-state index in [0.717, 1.165) is 6.08 Å². The molecular weight excluding hydrogens is 424 g/mol. The van der Waals surface area contributed by atoms with E-state index < -0.39 is 34.3 Å². The molecule has 0 aromatic heterocycles. The lowest BCUT2D eigenvalue weighted by molar-refractivity contribution is -0.162. The molecule has 0 fully saturated rings. The number of benzene rings is 2. The lowest BCUT2D eigenvalue weighted by Crippen LogP contribution is -2.46. The highest BCUT2D eigenvalue weighted by Gasteiger charge is 2.59. The summed E-state index contributed by atoms with van der Waals surface area (Å²) in [5.41, 5.74) is -1.98. The SMILES string of the molecule is COc1cc2c(cc1OC)C(=O)C(C(=O)OC(C)(C)C)(C1=CC(=O)c3ccccc3C1=O)C2. The van der Waals surface area contributed by atoms with Crippen LogP contribution in [0, 0.1) is 5.41 Å². The maximum Gasteiger partial charge on any atom is 0.325 e. The third kappa shape index (κ3) is 3.44. The minimum Gasteiger partial charge on any atom is -0.493 e. The van der Waals surface area contributed by atoms with Crippen LogP contribution in [-0.4, -0.2) is 43.1 Å². The quantitative estimate of drug-likeness (QED) is 0.519. The van der Waals surface area contributed by atoms with Gasteiger partial charge in [-0.1, -0.05) is 24.3 Å². The first-order chi connectivity index (χ1) is 15.5. The molecule has 33 heavy (non-hydrogen) atoms. The van der Waals surface area contributed by atoms with Crippen LogP contribution in [0.4, 0.5) is 0 Å². The van der Waals surface area contributed by atoms with Crippen LogP contribution >= 0.6 is 0 Å². The molecule has 2 aromatic rings. The van der Waals surface area contributed by atoms with Crippen molar-refractivity contribution in [1.82, 2.24) is 0 Å². The molecule has 0 spiro atoms. The van der Waals surface area contributed by atoms with Gasteiger partial charge in [-0.2, -0.15) is 0 Å². The van der Waals surface area contributed by atoms with Crippen LogP contribution in [0.1, 0.15) is 57.4 Å². The van der Waals surface area contributed by atoms with Crippen molar-refractivity contribution in [3.8, 4) is 11.5 Å². The summed E-state index contributed by atoms with van der Waals surface area (Å²) in [6.45, 7) is 5.03. The number of hydrogen-bond acceptors (Lipinski definition) is 7. The zero-order chi connectivity index (χ0) is 24.1. The Morgan fingerprint density at radius 2 is 1.52 bits per heavy atom. The van der Waals surface area contributed by atoms with Crippen LogP contribution in [-0.2, 0) is 16.0 Å². The summed E-state index contributed by atoms with van der Waals surface area (Å²) in [6.07, 6.45) is 0.969. The van der Waals surface area contributed by atoms with Gasteiger partial charge >= 0.3 is 5.97 Å². The van der Waals surface area contributed by atoms with E-state index in [1.54, 1.807) is 45.0 Å². The molecule has 2 aliphatic carbocycles. The normalized spacial score (nSPS) is 19.5. The topological polar surface area (TPSA) is 96.0 Å². The third-order valence-electron chi connectivity index (χ3n) is 5.86. The summed E-state index contributed by atoms with van der Waals surface area (Å²) in [5, 5.41) is 0. The number of allylic oxidation sites excluding steroid dienone is 1. The van der Waals surface area contributed by atoms with Crippen molar-refractivity contribution in [2.45, 2.75) is 32.8 Å². The fraction of sp³-hybridized carbons (Fsp3) is 0.308. The van der Waals surface area contributed by atoms with Crippen LogP contribution in [0.15, 0.2) is 48.0 Å². The maximum absolute atomic E-state index is 13.9. The molecule has 0 saturated carbocycles. The van der Waals surface area contributed by atoms with Crippen LogP contribution < -0.4 is 9.47 Å². The van der Waals surface area contributed by atoms with Crippen molar-refractivity contribution in [2.24, 2.45) is 5.41 Å². The summed E-state index contributed by atoms with van der Waals surface area (Å²) in [4.78, 5) is 53.9. The summed E-state index contributed by atoms with van der Waals surface area (Å²) >= 11 is 0. The van der Waals surface area contributed by atoms with Crippen LogP contribution in [0.25, 0.3) is 0 Å². The van der Waals surface area contributed by atoms with Gasteiger partial charge in [0.2, 0.25) is 0 Å². The Bertz CT molecular complexity index is 1250. The fourth-order valence-electron chi connectivity index (χ4n) is 4.36. The standard InChI is InChI=1S/C26H24O7/c1-25(2,3)33-24(30)26(18-12-19(27)15-8-6-7-9-16(15)22(18)28)13-14-10-20(31-4)21(32-5)11-17(14)23(26)29/h6-12H,13H2,1-5H3. The van der Waals surface area contributed by atoms with Crippen molar-refractivity contribution < 1.29 is 33.4 Å². The average molecular weight is 448 g/mol. The second-order valence-corrected chi connectivity index (χ2v) is 9.07. The van der Waals surface area contributed by atoms with Crippen molar-refractivity contribution in [1.29, 1.82) is 0 Å². The number of esters is 1. The Balaban J connectivity index is 1.94. The van der Waals surface area contributed by atoms with Gasteiger partial charge in [0, 0.05) is 28.7 Å². The van der Waals surface area contributed by atoms with Crippen LogP contribution in [0.2, 0.25) is 0 Å². The van der Waals surface area contributed by atoms with Crippen molar-refractivity contribution >= 4 is 23.3 Å². The van der Waals surface area contributed by atoms with E-state index in [2.05, 4.69) is 0 Å². The van der Waals surface area contributed by atoms with E-state index in [1.807, 2.05) is 0 Å². The van der Waals surface area contributed by atoms with Crippen LogP contribution in [0.5, 0.6) is 11.5 Å². The van der Waals surface area contributed by atoms with Gasteiger partial charge < -0.3 is 14.2 Å². The largest absolute Gasteiger partial charge is 0.493 e. The molecule has 4 rings (SSSR count). The van der Waals surface area contributed by atoms with Crippen LogP contribution in [0.3, 0.4) is 0 Å². The van der Waals surface area contributed by atoms with E-state index in [-0.39, 0.29) is 28.7 Å². The first-order valence-electron chi connectivity index (χ1n) is 10.5. The summed E-state index contributed by atoms with van der Waals surface area (Å²) in [5.74, 6) is -1.78. The van der Waals surface area contributed by atoms with Gasteiger partial charge in [-0.05, 0) is 44.5 Å². The highest BCUT2D eigenvalue weighted by atomic mass is 16.6. The zero-order valence-corrected chi connectivity index (χ0v) is 19.1. The molecule has 0 N–H and O–H groups in total. The molecule has 0 heterocycles. The second kappa shape index (κ2) is 7.69. The van der Waals surface area contributed by atoms with Gasteiger partial charge in [-0.25, -0.2) is 0 Å². The Hall–Kier alpha value is -3.74. The molecule has 2 aromatic carbocycles. The predicted molar refractivity (Wildman–Crippen MR) is 119 cm³/mol. The Morgan fingerprint density at radius 1 is 0.909 bits per heavy atom. The number of ether oxygens (including phenoxy) is 3. The molecule has 2 aliphatic rings. The average Bonchev–Trinajstić information content (AvgIpc) is 3.06. The molecule has 7 nitrogen and oxygen atoms in total. The molecule has 0 amide bonds. The number of methoxy groups -OCH3 is 2. The summed E-state index contributed by atoms with van der Waals surface area (Å²) in [7, 11) is 2.90. The fourth-order valence-corrected chi connectivity index (χ4v) is 4.36. The summed E-state index contributed by atoms with van der Waals surface area (Å²) in [6, 6.07) is 9.46. The second-order valence-electron chi connectivity index (χ2n) is 9.07. The van der Waals surface area contributed by atoms with E-state index in [1.165, 1.54) is 26.4 Å². The molecule has 170 valence electrons. The van der Waals surface area contributed by atoms with E-state index >= 15 is 0 Å². The van der Waals surface area contributed by atoms with Gasteiger partial charge in [-0.15, -0.1) is 0 Å². The Morgan fingerprint density at radius 3 is 2.12 bits per heavy atom. The van der Waals surface area contributed by atoms with Gasteiger partial charge in [0.15, 0.2) is 34.3 Å². The van der Waals surface area contributed by atoms with Gasteiger partial charge in [0.1, 0.15) is 5.60 Å². The number of hydrogen-bond donors (Lipinski definition) is 0. The number of ketones is 3. The molecule has 0 radical (unpaired) electrons. The van der Waals surface area contributed by atoms with Gasteiger partial charge in [-0.3, -0.25) is 19.2 Å². The highest BCUT2D eigenvalue weighted by molar-refractivity contribution is 6.32.